The Balaban J connectivity index is 1.79. The van der Waals surface area contributed by atoms with Gasteiger partial charge < -0.3 is 5.32 Å². The van der Waals surface area contributed by atoms with Crippen LogP contribution in [0.25, 0.3) is 21.8 Å². The first-order valence-electron chi connectivity index (χ1n) is 7.71. The molecule has 4 aromatic rings. The molecule has 4 heteroatoms. The van der Waals surface area contributed by atoms with Crippen LogP contribution in [0, 0.1) is 11.3 Å². The van der Waals surface area contributed by atoms with Crippen LogP contribution in [-0.2, 0) is 6.54 Å². The second-order valence-electron chi connectivity index (χ2n) is 5.55. The summed E-state index contributed by atoms with van der Waals surface area (Å²) in [5.74, 6) is 0.566. The van der Waals surface area contributed by atoms with Gasteiger partial charge in [0.1, 0.15) is 17.5 Å². The van der Waals surface area contributed by atoms with Crippen molar-refractivity contribution in [2.75, 3.05) is 5.32 Å². The molecule has 4 nitrogen and oxygen atoms in total. The van der Waals surface area contributed by atoms with Crippen molar-refractivity contribution in [3.05, 3.63) is 78.0 Å². The molecule has 2 aromatic carbocycles. The van der Waals surface area contributed by atoms with Crippen LogP contribution in [0.3, 0.4) is 0 Å². The second kappa shape index (κ2) is 5.98. The molecule has 4 rings (SSSR count). The maximum Gasteiger partial charge on any atom is 0.146 e. The van der Waals surface area contributed by atoms with E-state index in [9.17, 15) is 5.26 Å². The summed E-state index contributed by atoms with van der Waals surface area (Å²) in [5.41, 5.74) is 3.17. The Morgan fingerprint density at radius 2 is 1.75 bits per heavy atom. The maximum atomic E-state index is 9.62. The van der Waals surface area contributed by atoms with Gasteiger partial charge in [-0.15, -0.1) is 0 Å². The second-order valence-corrected chi connectivity index (χ2v) is 5.55. The Morgan fingerprint density at radius 3 is 2.58 bits per heavy atom. The number of nitriles is 1. The number of pyridine rings is 2. The predicted octanol–water partition coefficient (Wildman–Crippen LogP) is 4.27. The molecule has 114 valence electrons. The average molecular weight is 310 g/mol. The van der Waals surface area contributed by atoms with Crippen LogP contribution in [-0.4, -0.2) is 9.97 Å². The lowest BCUT2D eigenvalue weighted by molar-refractivity contribution is 1.11. The number of hydrogen-bond donors (Lipinski definition) is 1. The van der Waals surface area contributed by atoms with Crippen LogP contribution in [0.2, 0.25) is 0 Å². The van der Waals surface area contributed by atoms with Gasteiger partial charge in [-0.3, -0.25) is 0 Å². The number of nitrogens with zero attached hydrogens (tertiary/aromatic N) is 3. The minimum atomic E-state index is 0.481. The molecule has 0 amide bonds. The third kappa shape index (κ3) is 2.53. The van der Waals surface area contributed by atoms with Crippen LogP contribution in [0.1, 0.15) is 11.1 Å². The summed E-state index contributed by atoms with van der Waals surface area (Å²) in [4.78, 5) is 9.09. The van der Waals surface area contributed by atoms with E-state index in [4.69, 9.17) is 0 Å². The molecule has 0 bridgehead atoms. The molecular weight excluding hydrogens is 296 g/mol. The molecule has 0 aliphatic carbocycles. The molecule has 0 unspecified atom stereocenters. The fourth-order valence-corrected chi connectivity index (χ4v) is 2.76. The molecule has 1 N–H and O–H groups in total. The molecule has 24 heavy (non-hydrogen) atoms. The minimum Gasteiger partial charge on any atom is -0.365 e. The smallest absolute Gasteiger partial charge is 0.146 e. The summed E-state index contributed by atoms with van der Waals surface area (Å²) in [6, 6.07) is 22.2. The van der Waals surface area contributed by atoms with Gasteiger partial charge in [0, 0.05) is 23.5 Å². The zero-order chi connectivity index (χ0) is 16.4. The fraction of sp³-hybridized carbons (Fsp3) is 0.0500. The topological polar surface area (TPSA) is 61.6 Å². The Hall–Kier alpha value is -3.45. The van der Waals surface area contributed by atoms with Crippen molar-refractivity contribution in [1.82, 2.24) is 9.97 Å². The van der Waals surface area contributed by atoms with E-state index in [1.165, 1.54) is 0 Å². The highest BCUT2D eigenvalue weighted by molar-refractivity contribution is 5.96. The molecule has 0 saturated carbocycles. The highest BCUT2D eigenvalue weighted by Gasteiger charge is 2.11. The third-order valence-electron chi connectivity index (χ3n) is 3.97. The summed E-state index contributed by atoms with van der Waals surface area (Å²) in [7, 11) is 0. The van der Waals surface area contributed by atoms with Crippen molar-refractivity contribution in [3.8, 4) is 6.07 Å². The predicted molar refractivity (Wildman–Crippen MR) is 95.5 cm³/mol. The summed E-state index contributed by atoms with van der Waals surface area (Å²) in [6.07, 6.45) is 1.77. The molecule has 2 heterocycles. The zero-order valence-electron chi connectivity index (χ0n) is 12.9. The van der Waals surface area contributed by atoms with Crippen LogP contribution in [0.15, 0.2) is 66.9 Å². The zero-order valence-corrected chi connectivity index (χ0v) is 12.9. The fourth-order valence-electron chi connectivity index (χ4n) is 2.76. The first-order valence-corrected chi connectivity index (χ1v) is 7.71. The number of benzene rings is 2. The lowest BCUT2D eigenvalue weighted by atomic mass is 10.1. The first-order chi connectivity index (χ1) is 11.8. The molecule has 2 aromatic heterocycles. The van der Waals surface area contributed by atoms with Crippen molar-refractivity contribution in [1.29, 1.82) is 5.26 Å². The lowest BCUT2D eigenvalue weighted by Crippen LogP contribution is -2.04. The Kier molecular flexibility index (Phi) is 3.53. The normalized spacial score (nSPS) is 10.6. The van der Waals surface area contributed by atoms with Gasteiger partial charge in [0.25, 0.3) is 0 Å². The number of aromatic nitrogens is 2. The van der Waals surface area contributed by atoms with E-state index in [0.717, 1.165) is 21.9 Å². The third-order valence-corrected chi connectivity index (χ3v) is 3.97. The van der Waals surface area contributed by atoms with E-state index >= 15 is 0 Å². The average Bonchev–Trinajstić information content (AvgIpc) is 2.65. The van der Waals surface area contributed by atoms with Crippen LogP contribution in [0.5, 0.6) is 0 Å². The maximum absolute atomic E-state index is 9.62. The van der Waals surface area contributed by atoms with Gasteiger partial charge in [0.2, 0.25) is 0 Å². The van der Waals surface area contributed by atoms with Crippen LogP contribution < -0.4 is 5.32 Å². The summed E-state index contributed by atoms with van der Waals surface area (Å²) in [5, 5.41) is 14.8. The lowest BCUT2D eigenvalue weighted by Gasteiger charge is -2.10. The summed E-state index contributed by atoms with van der Waals surface area (Å²) < 4.78 is 0. The number of para-hydroxylation sites is 1. The molecule has 0 aliphatic heterocycles. The van der Waals surface area contributed by atoms with E-state index in [-0.39, 0.29) is 0 Å². The van der Waals surface area contributed by atoms with Gasteiger partial charge in [-0.25, -0.2) is 9.97 Å². The number of fused-ring (bicyclic) bond motifs is 2. The van der Waals surface area contributed by atoms with E-state index in [1.807, 2.05) is 60.7 Å². The van der Waals surface area contributed by atoms with Gasteiger partial charge in [0.15, 0.2) is 0 Å². The van der Waals surface area contributed by atoms with E-state index in [0.29, 0.717) is 23.4 Å². The highest BCUT2D eigenvalue weighted by atomic mass is 15.0. The number of nitrogens with one attached hydrogen (secondary N) is 1. The van der Waals surface area contributed by atoms with Crippen molar-refractivity contribution in [2.45, 2.75) is 6.54 Å². The molecule has 0 aliphatic rings. The SMILES string of the molecule is N#Cc1c(NCc2ccccc2)ncc2cc3ccccc3nc12. The van der Waals surface area contributed by atoms with Crippen LogP contribution >= 0.6 is 0 Å². The van der Waals surface area contributed by atoms with E-state index < -0.39 is 0 Å². The Labute approximate surface area is 139 Å². The van der Waals surface area contributed by atoms with Crippen molar-refractivity contribution < 1.29 is 0 Å². The van der Waals surface area contributed by atoms with Gasteiger partial charge in [-0.2, -0.15) is 5.26 Å². The molecular formula is C20H14N4. The van der Waals surface area contributed by atoms with Gasteiger partial charge in [0.05, 0.1) is 11.0 Å². The molecule has 0 spiro atoms. The molecule has 0 saturated heterocycles. The highest BCUT2D eigenvalue weighted by Crippen LogP contribution is 2.25. The van der Waals surface area contributed by atoms with Crippen LogP contribution in [0.4, 0.5) is 5.82 Å². The standard InChI is InChI=1S/C20H14N4/c21-11-17-19-16(10-15-8-4-5-9-18(15)24-19)13-23-20(17)22-12-14-6-2-1-3-7-14/h1-10,13H,12H2,(H,22,23). The quantitative estimate of drug-likeness (QED) is 0.574. The van der Waals surface area contributed by atoms with E-state index in [2.05, 4.69) is 21.4 Å². The number of rotatable bonds is 3. The Bertz CT molecular complexity index is 1070. The van der Waals surface area contributed by atoms with Crippen molar-refractivity contribution in [3.63, 3.8) is 0 Å². The molecule has 0 fully saturated rings. The van der Waals surface area contributed by atoms with E-state index in [1.54, 1.807) is 6.20 Å². The Morgan fingerprint density at radius 1 is 0.958 bits per heavy atom. The van der Waals surface area contributed by atoms with Crippen molar-refractivity contribution >= 4 is 27.6 Å². The molecule has 0 atom stereocenters. The largest absolute Gasteiger partial charge is 0.365 e. The van der Waals surface area contributed by atoms with Crippen molar-refractivity contribution in [2.24, 2.45) is 0 Å². The van der Waals surface area contributed by atoms with Gasteiger partial charge in [-0.1, -0.05) is 48.5 Å². The summed E-state index contributed by atoms with van der Waals surface area (Å²) in [6.45, 7) is 0.613. The summed E-state index contributed by atoms with van der Waals surface area (Å²) >= 11 is 0. The number of anilines is 1. The van der Waals surface area contributed by atoms with Gasteiger partial charge >= 0.3 is 0 Å². The number of hydrogen-bond acceptors (Lipinski definition) is 4. The first kappa shape index (κ1) is 14.2. The molecule has 0 radical (unpaired) electrons. The monoisotopic (exact) mass is 310 g/mol. The van der Waals surface area contributed by atoms with Gasteiger partial charge in [-0.05, 0) is 17.7 Å². The minimum absolute atomic E-state index is 0.481.